The van der Waals surface area contributed by atoms with Gasteiger partial charge in [0.1, 0.15) is 18.9 Å². The average molecular weight is 341 g/mol. The van der Waals surface area contributed by atoms with E-state index in [2.05, 4.69) is 5.32 Å². The molecule has 0 saturated carbocycles. The molecule has 0 atom stereocenters. The predicted octanol–water partition coefficient (Wildman–Crippen LogP) is 3.18. The highest BCUT2D eigenvalue weighted by Gasteiger charge is 2.10. The molecule has 0 spiro atoms. The maximum Gasteiger partial charge on any atom is 0.325 e. The fourth-order valence-electron chi connectivity index (χ4n) is 2.29. The Morgan fingerprint density at radius 2 is 1.76 bits per heavy atom. The summed E-state index contributed by atoms with van der Waals surface area (Å²) in [5, 5.41) is 2.56. The minimum absolute atomic E-state index is 0.170. The second kappa shape index (κ2) is 8.87. The Kier molecular flexibility index (Phi) is 6.57. The Morgan fingerprint density at radius 1 is 1.04 bits per heavy atom. The van der Waals surface area contributed by atoms with Gasteiger partial charge in [-0.3, -0.25) is 9.59 Å². The van der Waals surface area contributed by atoms with Crippen molar-refractivity contribution in [1.82, 2.24) is 5.32 Å². The molecule has 2 aromatic carbocycles. The van der Waals surface area contributed by atoms with Crippen LogP contribution < -0.4 is 10.1 Å². The van der Waals surface area contributed by atoms with Crippen molar-refractivity contribution in [3.05, 3.63) is 64.7 Å². The first-order chi connectivity index (χ1) is 12.0. The monoisotopic (exact) mass is 341 g/mol. The zero-order valence-electron chi connectivity index (χ0n) is 14.8. The van der Waals surface area contributed by atoms with Crippen molar-refractivity contribution >= 4 is 11.9 Å². The molecule has 0 aromatic heterocycles. The van der Waals surface area contributed by atoms with E-state index in [0.29, 0.717) is 17.9 Å². The smallest absolute Gasteiger partial charge is 0.325 e. The highest BCUT2D eigenvalue weighted by atomic mass is 16.5. The second-order valence-corrected chi connectivity index (χ2v) is 5.73. The maximum atomic E-state index is 12.0. The summed E-state index contributed by atoms with van der Waals surface area (Å²) < 4.78 is 10.6. The quantitative estimate of drug-likeness (QED) is 0.786. The van der Waals surface area contributed by atoms with Crippen LogP contribution in [-0.4, -0.2) is 25.0 Å². The lowest BCUT2D eigenvalue weighted by atomic mass is 10.1. The third-order valence-corrected chi connectivity index (χ3v) is 3.71. The van der Waals surface area contributed by atoms with E-state index < -0.39 is 5.97 Å². The summed E-state index contributed by atoms with van der Waals surface area (Å²) in [4.78, 5) is 23.9. The molecule has 132 valence electrons. The van der Waals surface area contributed by atoms with Gasteiger partial charge in [-0.1, -0.05) is 23.8 Å². The highest BCUT2D eigenvalue weighted by molar-refractivity contribution is 5.96. The van der Waals surface area contributed by atoms with Gasteiger partial charge in [-0.05, 0) is 56.2 Å². The number of carbonyl (C=O) groups is 2. The van der Waals surface area contributed by atoms with E-state index in [1.165, 1.54) is 0 Å². The predicted molar refractivity (Wildman–Crippen MR) is 95.7 cm³/mol. The molecule has 5 nitrogen and oxygen atoms in total. The van der Waals surface area contributed by atoms with Crippen LogP contribution in [0.2, 0.25) is 0 Å². The minimum atomic E-state index is -0.472. The summed E-state index contributed by atoms with van der Waals surface area (Å²) in [6.45, 7) is 6.45. The largest absolute Gasteiger partial charge is 0.494 e. The number of aryl methyl sites for hydroxylation is 2. The summed E-state index contributed by atoms with van der Waals surface area (Å²) in [5.41, 5.74) is 3.61. The summed E-state index contributed by atoms with van der Waals surface area (Å²) in [7, 11) is 0. The third kappa shape index (κ3) is 5.64. The van der Waals surface area contributed by atoms with Crippen molar-refractivity contribution in [2.24, 2.45) is 0 Å². The van der Waals surface area contributed by atoms with Gasteiger partial charge in [0.25, 0.3) is 5.91 Å². The van der Waals surface area contributed by atoms with Gasteiger partial charge in [-0.15, -0.1) is 0 Å². The van der Waals surface area contributed by atoms with Crippen molar-refractivity contribution in [2.75, 3.05) is 13.2 Å². The van der Waals surface area contributed by atoms with Crippen LogP contribution in [-0.2, 0) is 16.1 Å². The summed E-state index contributed by atoms with van der Waals surface area (Å²) in [6, 6.07) is 12.7. The third-order valence-electron chi connectivity index (χ3n) is 3.71. The molecule has 0 aliphatic rings. The molecule has 0 aliphatic heterocycles. The number of amides is 1. The van der Waals surface area contributed by atoms with Crippen LogP contribution in [0, 0.1) is 13.8 Å². The van der Waals surface area contributed by atoms with Gasteiger partial charge < -0.3 is 14.8 Å². The van der Waals surface area contributed by atoms with Gasteiger partial charge in [0.05, 0.1) is 6.61 Å². The van der Waals surface area contributed by atoms with E-state index in [1.807, 2.05) is 39.0 Å². The van der Waals surface area contributed by atoms with Crippen molar-refractivity contribution in [2.45, 2.75) is 27.4 Å². The van der Waals surface area contributed by atoms with Crippen LogP contribution in [0.15, 0.2) is 42.5 Å². The van der Waals surface area contributed by atoms with Crippen LogP contribution in [0.25, 0.3) is 0 Å². The van der Waals surface area contributed by atoms with Crippen LogP contribution >= 0.6 is 0 Å². The topological polar surface area (TPSA) is 64.6 Å². The van der Waals surface area contributed by atoms with Gasteiger partial charge in [0.15, 0.2) is 0 Å². The molecular weight excluding hydrogens is 318 g/mol. The number of hydrogen-bond donors (Lipinski definition) is 1. The van der Waals surface area contributed by atoms with Gasteiger partial charge in [0.2, 0.25) is 0 Å². The molecule has 2 rings (SSSR count). The zero-order chi connectivity index (χ0) is 18.2. The Bertz CT molecular complexity index is 738. The average Bonchev–Trinajstić information content (AvgIpc) is 2.61. The number of hydrogen-bond acceptors (Lipinski definition) is 4. The van der Waals surface area contributed by atoms with Crippen molar-refractivity contribution < 1.29 is 19.1 Å². The number of nitrogens with one attached hydrogen (secondary N) is 1. The zero-order valence-corrected chi connectivity index (χ0v) is 14.8. The molecule has 1 N–H and O–H groups in total. The van der Waals surface area contributed by atoms with Crippen LogP contribution in [0.1, 0.15) is 34.0 Å². The lowest BCUT2D eigenvalue weighted by molar-refractivity contribution is -0.143. The minimum Gasteiger partial charge on any atom is -0.494 e. The molecule has 0 aliphatic carbocycles. The van der Waals surface area contributed by atoms with E-state index in [9.17, 15) is 9.59 Å². The standard InChI is InChI=1S/C20H23NO4/c1-4-24-18-9-7-16(8-10-18)20(23)21-12-19(22)25-13-17-11-14(2)5-6-15(17)3/h5-11H,4,12-13H2,1-3H3,(H,21,23). The van der Waals surface area contributed by atoms with Gasteiger partial charge in [0, 0.05) is 5.56 Å². The summed E-state index contributed by atoms with van der Waals surface area (Å²) in [5.74, 6) is -0.0982. The molecule has 2 aromatic rings. The molecule has 0 heterocycles. The van der Waals surface area contributed by atoms with Crippen molar-refractivity contribution in [3.63, 3.8) is 0 Å². The summed E-state index contributed by atoms with van der Waals surface area (Å²) >= 11 is 0. The van der Waals surface area contributed by atoms with E-state index >= 15 is 0 Å². The number of benzene rings is 2. The van der Waals surface area contributed by atoms with Crippen LogP contribution in [0.3, 0.4) is 0 Å². The first kappa shape index (κ1) is 18.5. The van der Waals surface area contributed by atoms with E-state index in [-0.39, 0.29) is 19.1 Å². The lowest BCUT2D eigenvalue weighted by Crippen LogP contribution is -2.30. The fourth-order valence-corrected chi connectivity index (χ4v) is 2.29. The Hall–Kier alpha value is -2.82. The molecule has 25 heavy (non-hydrogen) atoms. The molecular formula is C20H23NO4. The second-order valence-electron chi connectivity index (χ2n) is 5.73. The molecule has 0 bridgehead atoms. The maximum absolute atomic E-state index is 12.0. The fraction of sp³-hybridized carbons (Fsp3) is 0.300. The molecule has 0 radical (unpaired) electrons. The van der Waals surface area contributed by atoms with Crippen LogP contribution in [0.4, 0.5) is 0 Å². The number of ether oxygens (including phenoxy) is 2. The molecule has 0 unspecified atom stereocenters. The molecule has 0 fully saturated rings. The Morgan fingerprint density at radius 3 is 2.44 bits per heavy atom. The van der Waals surface area contributed by atoms with Gasteiger partial charge in [-0.2, -0.15) is 0 Å². The number of rotatable bonds is 7. The van der Waals surface area contributed by atoms with E-state index in [4.69, 9.17) is 9.47 Å². The summed E-state index contributed by atoms with van der Waals surface area (Å²) in [6.07, 6.45) is 0. The van der Waals surface area contributed by atoms with Crippen LogP contribution in [0.5, 0.6) is 5.75 Å². The van der Waals surface area contributed by atoms with Gasteiger partial charge >= 0.3 is 5.97 Å². The Balaban J connectivity index is 1.81. The molecule has 0 saturated heterocycles. The Labute approximate surface area is 148 Å². The lowest BCUT2D eigenvalue weighted by Gasteiger charge is -2.09. The van der Waals surface area contributed by atoms with Crippen molar-refractivity contribution in [1.29, 1.82) is 0 Å². The number of carbonyl (C=O) groups excluding carboxylic acids is 2. The van der Waals surface area contributed by atoms with E-state index in [1.54, 1.807) is 24.3 Å². The first-order valence-corrected chi connectivity index (χ1v) is 8.22. The number of esters is 1. The normalized spacial score (nSPS) is 10.2. The highest BCUT2D eigenvalue weighted by Crippen LogP contribution is 2.13. The molecule has 1 amide bonds. The van der Waals surface area contributed by atoms with Crippen molar-refractivity contribution in [3.8, 4) is 5.75 Å². The first-order valence-electron chi connectivity index (χ1n) is 8.22. The van der Waals surface area contributed by atoms with E-state index in [0.717, 1.165) is 16.7 Å². The van der Waals surface area contributed by atoms with Gasteiger partial charge in [-0.25, -0.2) is 0 Å². The SMILES string of the molecule is CCOc1ccc(C(=O)NCC(=O)OCc2cc(C)ccc2C)cc1. The molecule has 5 heteroatoms.